The predicted molar refractivity (Wildman–Crippen MR) is 209 cm³/mol. The largest absolute Gasteiger partial charge is 0.497 e. The van der Waals surface area contributed by atoms with E-state index in [0.717, 1.165) is 0 Å². The van der Waals surface area contributed by atoms with Crippen LogP contribution in [0.25, 0.3) is 16.6 Å². The third-order valence-electron chi connectivity index (χ3n) is 8.81. The minimum absolute atomic E-state index is 0.0104. The Morgan fingerprint density at radius 3 is 2.19 bits per heavy atom. The Morgan fingerprint density at radius 1 is 0.868 bits per heavy atom. The average Bonchev–Trinajstić information content (AvgIpc) is 3.14. The highest BCUT2D eigenvalue weighted by Crippen LogP contribution is 2.30. The van der Waals surface area contributed by atoms with Crippen LogP contribution < -0.4 is 15.0 Å². The highest BCUT2D eigenvalue weighted by Gasteiger charge is 2.32. The molecule has 0 spiro atoms. The molecule has 5 aromatic rings. The van der Waals surface area contributed by atoms with Gasteiger partial charge in [-0.05, 0) is 106 Å². The molecular weight excluding hydrogens is 737 g/mol. The number of para-hydroxylation sites is 1. The van der Waals surface area contributed by atoms with Crippen molar-refractivity contribution in [2.24, 2.45) is 0 Å². The Bertz CT molecular complexity index is 2210. The van der Waals surface area contributed by atoms with Crippen LogP contribution in [0.5, 0.6) is 11.5 Å². The maximum atomic E-state index is 14.5. The molecule has 53 heavy (non-hydrogen) atoms. The lowest BCUT2D eigenvalue weighted by Gasteiger charge is -2.35. The van der Waals surface area contributed by atoms with Crippen LogP contribution in [0.3, 0.4) is 0 Å². The Balaban J connectivity index is 1.67. The van der Waals surface area contributed by atoms with Gasteiger partial charge >= 0.3 is 0 Å². The third-order valence-corrected chi connectivity index (χ3v) is 11.4. The molecule has 0 aliphatic rings. The second kappa shape index (κ2) is 17.6. The molecule has 1 aromatic heterocycles. The lowest BCUT2D eigenvalue weighted by molar-refractivity contribution is -0.133. The van der Waals surface area contributed by atoms with Crippen LogP contribution in [0.1, 0.15) is 30.8 Å². The number of likely N-dealkylation sites (N-methyl/N-ethyl adjacent to an activating group) is 1. The summed E-state index contributed by atoms with van der Waals surface area (Å²) in [7, 11) is 2.85. The predicted octanol–water partition coefficient (Wildman–Crippen LogP) is 6.48. The number of aromatic nitrogens is 2. The summed E-state index contributed by atoms with van der Waals surface area (Å²) in [5.41, 5.74) is 1.28. The Morgan fingerprint density at radius 2 is 1.55 bits per heavy atom. The van der Waals surface area contributed by atoms with Crippen molar-refractivity contribution in [2.75, 3.05) is 54.5 Å². The van der Waals surface area contributed by atoms with Gasteiger partial charge in [0.2, 0.25) is 15.9 Å². The second-order valence-electron chi connectivity index (χ2n) is 12.7. The Kier molecular flexibility index (Phi) is 13.2. The van der Waals surface area contributed by atoms with Crippen molar-refractivity contribution in [3.05, 3.63) is 123 Å². The summed E-state index contributed by atoms with van der Waals surface area (Å²) in [5.74, 6) is 1.18. The van der Waals surface area contributed by atoms with Crippen molar-refractivity contribution in [2.45, 2.75) is 30.7 Å². The summed E-state index contributed by atoms with van der Waals surface area (Å²) in [6.07, 6.45) is 0.0793. The quantitative estimate of drug-likeness (QED) is 0.112. The molecule has 5 rings (SSSR count). The molecule has 4 aromatic carbocycles. The minimum Gasteiger partial charge on any atom is -0.497 e. The Hall–Kier alpha value is -4.46. The maximum absolute atomic E-state index is 14.5. The molecule has 280 valence electrons. The second-order valence-corrected chi connectivity index (χ2v) is 15.5. The number of fused-ring (bicyclic) bond motifs is 1. The molecule has 1 amide bonds. The number of amides is 1. The van der Waals surface area contributed by atoms with Crippen molar-refractivity contribution in [1.29, 1.82) is 0 Å². The Labute approximate surface area is 320 Å². The topological polar surface area (TPSA) is 114 Å². The van der Waals surface area contributed by atoms with Crippen LogP contribution in [0, 0.1) is 0 Å². The van der Waals surface area contributed by atoms with E-state index in [-0.39, 0.29) is 48.1 Å². The molecule has 1 heterocycles. The van der Waals surface area contributed by atoms with E-state index in [2.05, 4.69) is 0 Å². The van der Waals surface area contributed by atoms with Crippen LogP contribution in [0.15, 0.2) is 101 Å². The van der Waals surface area contributed by atoms with Crippen molar-refractivity contribution in [3.63, 3.8) is 0 Å². The maximum Gasteiger partial charge on any atom is 0.266 e. The van der Waals surface area contributed by atoms with Gasteiger partial charge in [-0.15, -0.1) is 0 Å². The van der Waals surface area contributed by atoms with E-state index in [1.165, 1.54) is 35.2 Å². The number of ether oxygens (including phenoxy) is 2. The standard InChI is InChI=1S/C39H43Cl2N5O6S/c1-6-52-30-14-12-28(13-15-30)46-38(42-35-10-8-7-9-32(35)39(46)48)36(21-22-44(4)53(49,50)31-18-16-29(51-5)17-19-31)45(24-23-43(2)3)37(47)26-27-11-20-33(40)34(41)25-27/h7-20,25,36H,6,21-24,26H2,1-5H3. The number of sulfonamides is 1. The zero-order chi connectivity index (χ0) is 38.3. The van der Waals surface area contributed by atoms with E-state index in [9.17, 15) is 18.0 Å². The highest BCUT2D eigenvalue weighted by atomic mass is 35.5. The number of benzene rings is 4. The fourth-order valence-corrected chi connectivity index (χ4v) is 7.45. The minimum atomic E-state index is -3.95. The zero-order valence-corrected chi connectivity index (χ0v) is 32.7. The van der Waals surface area contributed by atoms with Crippen molar-refractivity contribution in [3.8, 4) is 17.2 Å². The van der Waals surface area contributed by atoms with Crippen molar-refractivity contribution < 1.29 is 22.7 Å². The molecule has 1 unspecified atom stereocenters. The normalized spacial score (nSPS) is 12.3. The van der Waals surface area contributed by atoms with Crippen molar-refractivity contribution >= 4 is 50.0 Å². The first-order valence-electron chi connectivity index (χ1n) is 17.1. The summed E-state index contributed by atoms with van der Waals surface area (Å²) in [6.45, 7) is 3.07. The molecule has 0 saturated heterocycles. The van der Waals surface area contributed by atoms with E-state index >= 15 is 0 Å². The van der Waals surface area contributed by atoms with Gasteiger partial charge in [0.05, 0.1) is 57.7 Å². The average molecular weight is 781 g/mol. The van der Waals surface area contributed by atoms with E-state index in [1.54, 1.807) is 83.8 Å². The van der Waals surface area contributed by atoms with Gasteiger partial charge in [-0.1, -0.05) is 41.4 Å². The summed E-state index contributed by atoms with van der Waals surface area (Å²) in [6, 6.07) is 24.4. The third kappa shape index (κ3) is 9.38. The molecule has 11 nitrogen and oxygen atoms in total. The lowest BCUT2D eigenvalue weighted by Crippen LogP contribution is -2.44. The smallest absolute Gasteiger partial charge is 0.266 e. The van der Waals surface area contributed by atoms with Crippen LogP contribution in [-0.4, -0.2) is 92.5 Å². The molecule has 0 aliphatic heterocycles. The van der Waals surface area contributed by atoms with E-state index in [1.807, 2.05) is 25.9 Å². The van der Waals surface area contributed by atoms with Crippen LogP contribution in [-0.2, 0) is 21.2 Å². The lowest BCUT2D eigenvalue weighted by atomic mass is 10.1. The molecule has 1 atom stereocenters. The molecule has 0 saturated carbocycles. The number of nitrogens with zero attached hydrogens (tertiary/aromatic N) is 5. The van der Waals surface area contributed by atoms with E-state index in [4.69, 9.17) is 37.7 Å². The molecule has 0 radical (unpaired) electrons. The summed E-state index contributed by atoms with van der Waals surface area (Å²) in [5, 5.41) is 1.08. The van der Waals surface area contributed by atoms with Gasteiger partial charge in [-0.25, -0.2) is 17.7 Å². The zero-order valence-electron chi connectivity index (χ0n) is 30.3. The van der Waals surface area contributed by atoms with Gasteiger partial charge in [-0.2, -0.15) is 0 Å². The summed E-state index contributed by atoms with van der Waals surface area (Å²) >= 11 is 12.5. The molecular formula is C39H43Cl2N5O6S. The summed E-state index contributed by atoms with van der Waals surface area (Å²) < 4.78 is 41.2. The first-order chi connectivity index (χ1) is 25.3. The fourth-order valence-electron chi connectivity index (χ4n) is 5.95. The number of methoxy groups -OCH3 is 1. The van der Waals surface area contributed by atoms with Gasteiger partial charge in [0.15, 0.2) is 0 Å². The van der Waals surface area contributed by atoms with Gasteiger partial charge in [-0.3, -0.25) is 14.2 Å². The first kappa shape index (κ1) is 39.7. The van der Waals surface area contributed by atoms with Crippen LogP contribution >= 0.6 is 23.2 Å². The molecule has 0 N–H and O–H groups in total. The van der Waals surface area contributed by atoms with Crippen molar-refractivity contribution in [1.82, 2.24) is 23.7 Å². The number of halogens is 2. The summed E-state index contributed by atoms with van der Waals surface area (Å²) in [4.78, 5) is 37.8. The van der Waals surface area contributed by atoms with E-state index < -0.39 is 16.1 Å². The number of hydrogen-bond donors (Lipinski definition) is 0. The molecule has 0 fully saturated rings. The monoisotopic (exact) mass is 779 g/mol. The van der Waals surface area contributed by atoms with E-state index in [0.29, 0.717) is 56.8 Å². The highest BCUT2D eigenvalue weighted by molar-refractivity contribution is 7.89. The van der Waals surface area contributed by atoms with Crippen LogP contribution in [0.4, 0.5) is 0 Å². The van der Waals surface area contributed by atoms with Gasteiger partial charge in [0, 0.05) is 26.7 Å². The number of carbonyl (C=O) groups excluding carboxylic acids is 1. The molecule has 0 aliphatic carbocycles. The number of rotatable bonds is 16. The van der Waals surface area contributed by atoms with Crippen LogP contribution in [0.2, 0.25) is 10.0 Å². The fraction of sp³-hybridized carbons (Fsp3) is 0.308. The van der Waals surface area contributed by atoms with Gasteiger partial charge < -0.3 is 19.3 Å². The molecule has 0 bridgehead atoms. The number of hydrogen-bond acceptors (Lipinski definition) is 8. The first-order valence-corrected chi connectivity index (χ1v) is 19.3. The van der Waals surface area contributed by atoms with Gasteiger partial charge in [0.25, 0.3) is 5.56 Å². The van der Waals surface area contributed by atoms with Gasteiger partial charge in [0.1, 0.15) is 17.3 Å². The number of carbonyl (C=O) groups is 1. The SMILES string of the molecule is CCOc1ccc(-n2c(C(CCN(C)S(=O)(=O)c3ccc(OC)cc3)N(CCN(C)C)C(=O)Cc3ccc(Cl)c(Cl)c3)nc3ccccc3c2=O)cc1. The molecule has 14 heteroatoms.